The molecule has 0 fully saturated rings. The summed E-state index contributed by atoms with van der Waals surface area (Å²) in [5.74, 6) is -0.0899. The molecule has 4 aromatic rings. The van der Waals surface area contributed by atoms with Crippen LogP contribution >= 0.6 is 23.1 Å². The number of aromatic amines is 1. The smallest absolute Gasteiger partial charge is 0.253 e. The molecule has 0 spiro atoms. The number of fused-ring (bicyclic) bond motifs is 1. The number of thioether (sulfide) groups is 1. The van der Waals surface area contributed by atoms with Crippen LogP contribution in [0.4, 0.5) is 4.39 Å². The summed E-state index contributed by atoms with van der Waals surface area (Å²) in [5, 5.41) is 16.8. The van der Waals surface area contributed by atoms with Gasteiger partial charge in [0.15, 0.2) is 5.16 Å². The maximum Gasteiger partial charge on any atom is 0.253 e. The van der Waals surface area contributed by atoms with Gasteiger partial charge in [0.2, 0.25) is 5.78 Å². The molecule has 0 saturated heterocycles. The van der Waals surface area contributed by atoms with Gasteiger partial charge >= 0.3 is 0 Å². The van der Waals surface area contributed by atoms with Crippen molar-refractivity contribution in [3.63, 3.8) is 0 Å². The highest BCUT2D eigenvalue weighted by Gasteiger charge is 2.33. The van der Waals surface area contributed by atoms with E-state index in [9.17, 15) is 14.0 Å². The predicted octanol–water partition coefficient (Wildman–Crippen LogP) is 3.65. The van der Waals surface area contributed by atoms with E-state index in [0.717, 1.165) is 21.8 Å². The van der Waals surface area contributed by atoms with Gasteiger partial charge in [-0.3, -0.25) is 19.0 Å². The van der Waals surface area contributed by atoms with E-state index >= 15 is 0 Å². The SMILES string of the molecule is CCc1cc(=O)[nH]c2nnc(SCC(=O)N3N=C(c4cccs4)CC3c3ccc(F)cc3)n12. The summed E-state index contributed by atoms with van der Waals surface area (Å²) < 4.78 is 15.2. The average Bonchev–Trinajstić information content (AvgIpc) is 3.56. The molecule has 1 amide bonds. The Morgan fingerprint density at radius 3 is 2.82 bits per heavy atom. The number of carbonyl (C=O) groups excluding carboxylic acids is 1. The molecule has 5 rings (SSSR count). The Bertz CT molecular complexity index is 1390. The van der Waals surface area contributed by atoms with Crippen molar-refractivity contribution >= 4 is 40.5 Å². The standard InChI is InChI=1S/C22H19FN6O2S2/c1-2-15-10-19(30)24-21-25-26-22(28(15)21)33-12-20(31)29-17(13-5-7-14(23)8-6-13)11-16(27-29)18-4-3-9-32-18/h3-10,17H,2,11-12H2,1H3,(H,24,25,30). The fourth-order valence-corrected chi connectivity index (χ4v) is 5.33. The Hall–Kier alpha value is -3.31. The molecule has 0 aliphatic carbocycles. The number of hydrogen-bond acceptors (Lipinski definition) is 7. The highest BCUT2D eigenvalue weighted by molar-refractivity contribution is 7.99. The molecule has 1 unspecified atom stereocenters. The number of H-pyrrole nitrogens is 1. The van der Waals surface area contributed by atoms with Crippen LogP contribution in [0.2, 0.25) is 0 Å². The first-order valence-electron chi connectivity index (χ1n) is 10.3. The first-order chi connectivity index (χ1) is 16.0. The van der Waals surface area contributed by atoms with Crippen LogP contribution in [0.15, 0.2) is 62.9 Å². The van der Waals surface area contributed by atoms with Crippen LogP contribution in [0.3, 0.4) is 0 Å². The summed E-state index contributed by atoms with van der Waals surface area (Å²) in [4.78, 5) is 28.7. The summed E-state index contributed by atoms with van der Waals surface area (Å²) in [6, 6.07) is 11.3. The van der Waals surface area contributed by atoms with Gasteiger partial charge in [0.25, 0.3) is 11.5 Å². The van der Waals surface area contributed by atoms with Crippen molar-refractivity contribution in [3.05, 3.63) is 80.2 Å². The van der Waals surface area contributed by atoms with Crippen LogP contribution in [0.1, 0.15) is 35.5 Å². The minimum Gasteiger partial charge on any atom is -0.291 e. The summed E-state index contributed by atoms with van der Waals surface area (Å²) >= 11 is 2.80. The van der Waals surface area contributed by atoms with Gasteiger partial charge in [0, 0.05) is 18.2 Å². The zero-order chi connectivity index (χ0) is 22.9. The summed E-state index contributed by atoms with van der Waals surface area (Å²) in [5.41, 5.74) is 2.17. The predicted molar refractivity (Wildman–Crippen MR) is 125 cm³/mol. The zero-order valence-electron chi connectivity index (χ0n) is 17.6. The van der Waals surface area contributed by atoms with E-state index in [1.165, 1.54) is 35.0 Å². The lowest BCUT2D eigenvalue weighted by atomic mass is 10.0. The number of carbonyl (C=O) groups is 1. The van der Waals surface area contributed by atoms with Crippen molar-refractivity contribution in [2.75, 3.05) is 5.75 Å². The minimum absolute atomic E-state index is 0.0853. The summed E-state index contributed by atoms with van der Waals surface area (Å²) in [6.45, 7) is 1.94. The molecule has 1 aromatic carbocycles. The number of hydrazone groups is 1. The fourth-order valence-electron chi connectivity index (χ4n) is 3.79. The van der Waals surface area contributed by atoms with E-state index in [4.69, 9.17) is 0 Å². The molecule has 33 heavy (non-hydrogen) atoms. The Kier molecular flexibility index (Phi) is 5.81. The largest absolute Gasteiger partial charge is 0.291 e. The lowest BCUT2D eigenvalue weighted by molar-refractivity contribution is -0.130. The number of amides is 1. The molecule has 0 saturated carbocycles. The molecule has 3 aromatic heterocycles. The fraction of sp³-hybridized carbons (Fsp3) is 0.227. The quantitative estimate of drug-likeness (QED) is 0.423. The first-order valence-corrected chi connectivity index (χ1v) is 12.2. The van der Waals surface area contributed by atoms with Gasteiger partial charge in [-0.25, -0.2) is 9.40 Å². The van der Waals surface area contributed by atoms with E-state index in [1.807, 2.05) is 24.4 Å². The van der Waals surface area contributed by atoms with Crippen LogP contribution in [-0.4, -0.2) is 42.0 Å². The first kappa shape index (κ1) is 21.5. The van der Waals surface area contributed by atoms with Crippen LogP contribution < -0.4 is 5.56 Å². The molecule has 11 heteroatoms. The maximum atomic E-state index is 13.5. The van der Waals surface area contributed by atoms with Gasteiger partial charge in [0.05, 0.1) is 22.4 Å². The molecule has 8 nitrogen and oxygen atoms in total. The third-order valence-corrected chi connectivity index (χ3v) is 7.20. The van der Waals surface area contributed by atoms with Crippen LogP contribution in [-0.2, 0) is 11.2 Å². The second-order valence-corrected chi connectivity index (χ2v) is 9.33. The third-order valence-electron chi connectivity index (χ3n) is 5.37. The number of halogens is 1. The number of thiophene rings is 1. The Morgan fingerprint density at radius 2 is 2.09 bits per heavy atom. The maximum absolute atomic E-state index is 13.5. The summed E-state index contributed by atoms with van der Waals surface area (Å²) in [6.07, 6.45) is 1.17. The number of benzene rings is 1. The third kappa shape index (κ3) is 4.21. The number of aryl methyl sites for hydroxylation is 1. The second-order valence-electron chi connectivity index (χ2n) is 7.44. The number of rotatable bonds is 6. The molecule has 0 bridgehead atoms. The van der Waals surface area contributed by atoms with Crippen molar-refractivity contribution < 1.29 is 9.18 Å². The van der Waals surface area contributed by atoms with Crippen LogP contribution in [0, 0.1) is 5.82 Å². The van der Waals surface area contributed by atoms with Crippen molar-refractivity contribution in [2.45, 2.75) is 31.0 Å². The van der Waals surface area contributed by atoms with Gasteiger partial charge in [-0.2, -0.15) is 5.10 Å². The van der Waals surface area contributed by atoms with Gasteiger partial charge in [-0.15, -0.1) is 21.5 Å². The lowest BCUT2D eigenvalue weighted by Gasteiger charge is -2.21. The summed E-state index contributed by atoms with van der Waals surface area (Å²) in [7, 11) is 0. The Labute approximate surface area is 196 Å². The Balaban J connectivity index is 1.41. The minimum atomic E-state index is -0.326. The highest BCUT2D eigenvalue weighted by Crippen LogP contribution is 2.34. The highest BCUT2D eigenvalue weighted by atomic mass is 32.2. The topological polar surface area (TPSA) is 95.7 Å². The van der Waals surface area contributed by atoms with E-state index < -0.39 is 0 Å². The van der Waals surface area contributed by atoms with E-state index in [-0.39, 0.29) is 29.1 Å². The zero-order valence-corrected chi connectivity index (χ0v) is 19.2. The number of nitrogens with one attached hydrogen (secondary N) is 1. The van der Waals surface area contributed by atoms with Gasteiger partial charge in [-0.05, 0) is 35.6 Å². The normalized spacial score (nSPS) is 15.9. The van der Waals surface area contributed by atoms with Crippen LogP contribution in [0.25, 0.3) is 5.78 Å². The number of hydrogen-bond donors (Lipinski definition) is 1. The molecule has 1 N–H and O–H groups in total. The van der Waals surface area contributed by atoms with Crippen LogP contribution in [0.5, 0.6) is 0 Å². The second kappa shape index (κ2) is 8.91. The number of nitrogens with zero attached hydrogens (tertiary/aromatic N) is 5. The van der Waals surface area contributed by atoms with Gasteiger partial charge < -0.3 is 0 Å². The van der Waals surface area contributed by atoms with Crippen molar-refractivity contribution in [2.24, 2.45) is 5.10 Å². The molecular weight excluding hydrogens is 463 g/mol. The molecular formula is C22H19FN6O2S2. The molecule has 0 radical (unpaired) electrons. The molecule has 1 aliphatic rings. The van der Waals surface area contributed by atoms with Crippen molar-refractivity contribution in [3.8, 4) is 0 Å². The van der Waals surface area contributed by atoms with Crippen molar-refractivity contribution in [1.82, 2.24) is 24.6 Å². The molecule has 1 atom stereocenters. The van der Waals surface area contributed by atoms with E-state index in [2.05, 4.69) is 20.3 Å². The molecule has 168 valence electrons. The lowest BCUT2D eigenvalue weighted by Crippen LogP contribution is -2.28. The monoisotopic (exact) mass is 482 g/mol. The molecule has 4 heterocycles. The average molecular weight is 483 g/mol. The van der Waals surface area contributed by atoms with Crippen molar-refractivity contribution in [1.29, 1.82) is 0 Å². The molecule has 1 aliphatic heterocycles. The van der Waals surface area contributed by atoms with E-state index in [1.54, 1.807) is 27.9 Å². The Morgan fingerprint density at radius 1 is 1.27 bits per heavy atom. The van der Waals surface area contributed by atoms with Gasteiger partial charge in [-0.1, -0.05) is 36.9 Å². The van der Waals surface area contributed by atoms with E-state index in [0.29, 0.717) is 23.8 Å². The number of aromatic nitrogens is 4. The van der Waals surface area contributed by atoms with Gasteiger partial charge in [0.1, 0.15) is 5.82 Å².